The largest absolute Gasteiger partial charge is 0.507 e. The molecule has 3 N–H and O–H groups in total. The van der Waals surface area contributed by atoms with Crippen LogP contribution in [0.4, 0.5) is 0 Å². The van der Waals surface area contributed by atoms with Gasteiger partial charge in [0.1, 0.15) is 5.75 Å². The first-order chi connectivity index (χ1) is 14.1. The maximum Gasteiger partial charge on any atom is 0.221 e. The Morgan fingerprint density at radius 3 is 2.55 bits per heavy atom. The smallest absolute Gasteiger partial charge is 0.221 e. The summed E-state index contributed by atoms with van der Waals surface area (Å²) in [5.74, 6) is 0.0184. The van der Waals surface area contributed by atoms with E-state index in [1.54, 1.807) is 0 Å². The van der Waals surface area contributed by atoms with Crippen molar-refractivity contribution in [3.8, 4) is 5.75 Å². The molecular weight excluding hydrogens is 360 g/mol. The van der Waals surface area contributed by atoms with Gasteiger partial charge in [-0.25, -0.2) is 0 Å². The van der Waals surface area contributed by atoms with E-state index in [0.29, 0.717) is 12.3 Å². The fraction of sp³-hybridized carbons (Fsp3) is 0.240. The second-order valence-corrected chi connectivity index (χ2v) is 7.99. The molecule has 1 heterocycles. The number of primary amides is 1. The van der Waals surface area contributed by atoms with Crippen molar-refractivity contribution in [2.45, 2.75) is 38.6 Å². The summed E-state index contributed by atoms with van der Waals surface area (Å²) >= 11 is 0. The number of rotatable bonds is 4. The predicted octanol–water partition coefficient (Wildman–Crippen LogP) is 4.46. The van der Waals surface area contributed by atoms with Crippen LogP contribution in [-0.2, 0) is 30.6 Å². The Morgan fingerprint density at radius 1 is 0.966 bits per heavy atom. The molecule has 1 aromatic heterocycles. The number of phenolic OH excluding ortho intramolecular Hbond substituents is 1. The molecule has 0 saturated heterocycles. The molecule has 146 valence electrons. The van der Waals surface area contributed by atoms with Crippen LogP contribution in [0.1, 0.15) is 35.1 Å². The highest BCUT2D eigenvalue weighted by Gasteiger charge is 2.23. The van der Waals surface area contributed by atoms with E-state index in [9.17, 15) is 9.90 Å². The van der Waals surface area contributed by atoms with E-state index >= 15 is 0 Å². The summed E-state index contributed by atoms with van der Waals surface area (Å²) in [6.07, 6.45) is 4.32. The highest BCUT2D eigenvalue weighted by atomic mass is 16.3. The molecule has 4 aromatic rings. The maximum atomic E-state index is 11.7. The number of benzene rings is 3. The van der Waals surface area contributed by atoms with Crippen LogP contribution in [0.3, 0.4) is 0 Å². The lowest BCUT2D eigenvalue weighted by molar-refractivity contribution is -0.117. The van der Waals surface area contributed by atoms with Crippen molar-refractivity contribution in [3.05, 3.63) is 76.9 Å². The number of nitrogens with zero attached hydrogens (tertiary/aromatic N) is 1. The minimum absolute atomic E-state index is 0.165. The number of phenols is 1. The van der Waals surface area contributed by atoms with Crippen molar-refractivity contribution in [2.24, 2.45) is 5.73 Å². The van der Waals surface area contributed by atoms with E-state index < -0.39 is 0 Å². The molecule has 0 unspecified atom stereocenters. The van der Waals surface area contributed by atoms with Crippen molar-refractivity contribution >= 4 is 27.7 Å². The second kappa shape index (κ2) is 6.96. The van der Waals surface area contributed by atoms with Crippen molar-refractivity contribution in [2.75, 3.05) is 0 Å². The summed E-state index contributed by atoms with van der Waals surface area (Å²) in [6.45, 7) is 0.707. The van der Waals surface area contributed by atoms with Gasteiger partial charge in [0.05, 0.1) is 11.9 Å². The Balaban J connectivity index is 1.86. The number of hydrogen-bond acceptors (Lipinski definition) is 2. The van der Waals surface area contributed by atoms with Crippen molar-refractivity contribution < 1.29 is 9.90 Å². The lowest BCUT2D eigenvalue weighted by atomic mass is 9.89. The van der Waals surface area contributed by atoms with Gasteiger partial charge in [0.2, 0.25) is 5.91 Å². The number of carbonyl (C=O) groups excluding carboxylic acids is 1. The first-order valence-corrected chi connectivity index (χ1v) is 10.2. The first-order valence-electron chi connectivity index (χ1n) is 10.2. The molecule has 4 heteroatoms. The third kappa shape index (κ3) is 2.96. The maximum absolute atomic E-state index is 11.7. The van der Waals surface area contributed by atoms with Crippen molar-refractivity contribution in [1.29, 1.82) is 0 Å². The fourth-order valence-corrected chi connectivity index (χ4v) is 4.83. The van der Waals surface area contributed by atoms with Gasteiger partial charge in [0.25, 0.3) is 0 Å². The van der Waals surface area contributed by atoms with Gasteiger partial charge in [0, 0.05) is 22.8 Å². The zero-order valence-corrected chi connectivity index (χ0v) is 16.3. The number of aryl methyl sites for hydroxylation is 1. The molecular formula is C25H24N2O2. The molecule has 4 nitrogen and oxygen atoms in total. The van der Waals surface area contributed by atoms with Gasteiger partial charge in [-0.05, 0) is 60.1 Å². The highest BCUT2D eigenvalue weighted by Crippen LogP contribution is 2.43. The minimum atomic E-state index is -0.362. The second-order valence-electron chi connectivity index (χ2n) is 7.99. The molecule has 3 aromatic carbocycles. The van der Waals surface area contributed by atoms with Crippen LogP contribution >= 0.6 is 0 Å². The first kappa shape index (κ1) is 17.8. The molecule has 1 aliphatic rings. The molecule has 5 rings (SSSR count). The molecule has 0 radical (unpaired) electrons. The summed E-state index contributed by atoms with van der Waals surface area (Å²) in [5, 5.41) is 13.1. The number of aromatic nitrogens is 1. The standard InChI is InChI=1S/C25H24N2O2/c26-22(28)14-18-10-6-12-20-23(18)24-21(27(20)15-16-7-2-1-3-8-16)13-17-9-4-5-11-19(17)25(24)29/h1-3,6-8,10,12-13,29H,4-5,9,11,14-15H2,(H2,26,28). The van der Waals surface area contributed by atoms with Crippen molar-refractivity contribution in [3.63, 3.8) is 0 Å². The Hall–Kier alpha value is -3.27. The number of fused-ring (bicyclic) bond motifs is 4. The average molecular weight is 384 g/mol. The molecule has 0 bridgehead atoms. The normalized spacial score (nSPS) is 13.7. The summed E-state index contributed by atoms with van der Waals surface area (Å²) in [5.41, 5.74) is 12.0. The lowest BCUT2D eigenvalue weighted by Gasteiger charge is -2.18. The Bertz CT molecular complexity index is 1240. The molecule has 29 heavy (non-hydrogen) atoms. The van der Waals surface area contributed by atoms with Gasteiger partial charge < -0.3 is 15.4 Å². The van der Waals surface area contributed by atoms with E-state index in [4.69, 9.17) is 5.73 Å². The van der Waals surface area contributed by atoms with Crippen LogP contribution in [0.25, 0.3) is 21.8 Å². The van der Waals surface area contributed by atoms with Crippen molar-refractivity contribution in [1.82, 2.24) is 4.57 Å². The van der Waals surface area contributed by atoms with Crippen LogP contribution in [-0.4, -0.2) is 15.6 Å². The van der Waals surface area contributed by atoms with Crippen LogP contribution in [0.15, 0.2) is 54.6 Å². The average Bonchev–Trinajstić information content (AvgIpc) is 3.03. The van der Waals surface area contributed by atoms with E-state index in [1.165, 1.54) is 11.1 Å². The monoisotopic (exact) mass is 384 g/mol. The Kier molecular flexibility index (Phi) is 4.27. The zero-order valence-electron chi connectivity index (χ0n) is 16.3. The third-order valence-electron chi connectivity index (χ3n) is 6.11. The van der Waals surface area contributed by atoms with Crippen LogP contribution in [0.5, 0.6) is 5.75 Å². The van der Waals surface area contributed by atoms with Gasteiger partial charge in [0.15, 0.2) is 0 Å². The summed E-state index contributed by atoms with van der Waals surface area (Å²) in [4.78, 5) is 11.7. The molecule has 0 saturated carbocycles. The predicted molar refractivity (Wildman–Crippen MR) is 116 cm³/mol. The van der Waals surface area contributed by atoms with Gasteiger partial charge in [-0.15, -0.1) is 0 Å². The molecule has 0 atom stereocenters. The lowest BCUT2D eigenvalue weighted by Crippen LogP contribution is -2.13. The molecule has 1 amide bonds. The quantitative estimate of drug-likeness (QED) is 0.546. The topological polar surface area (TPSA) is 68.2 Å². The summed E-state index contributed by atoms with van der Waals surface area (Å²) < 4.78 is 2.26. The van der Waals surface area contributed by atoms with Crippen LogP contribution in [0, 0.1) is 0 Å². The van der Waals surface area contributed by atoms with E-state index in [0.717, 1.165) is 58.6 Å². The number of aromatic hydroxyl groups is 1. The summed E-state index contributed by atoms with van der Waals surface area (Å²) in [7, 11) is 0. The van der Waals surface area contributed by atoms with Gasteiger partial charge in [-0.1, -0.05) is 42.5 Å². The summed E-state index contributed by atoms with van der Waals surface area (Å²) in [6, 6.07) is 18.6. The van der Waals surface area contributed by atoms with E-state index in [1.807, 2.05) is 30.3 Å². The number of carbonyl (C=O) groups is 1. The van der Waals surface area contributed by atoms with Crippen LogP contribution < -0.4 is 5.73 Å². The zero-order chi connectivity index (χ0) is 20.0. The molecule has 0 aliphatic heterocycles. The van der Waals surface area contributed by atoms with E-state index in [-0.39, 0.29) is 12.3 Å². The number of nitrogens with two attached hydrogens (primary N) is 1. The SMILES string of the molecule is NC(=O)Cc1cccc2c1c1c(O)c3c(cc1n2Cc1ccccc1)CCCC3. The molecule has 0 fully saturated rings. The molecule has 0 spiro atoms. The van der Waals surface area contributed by atoms with Gasteiger partial charge in [-0.3, -0.25) is 4.79 Å². The molecule has 1 aliphatic carbocycles. The minimum Gasteiger partial charge on any atom is -0.507 e. The van der Waals surface area contributed by atoms with Gasteiger partial charge in [-0.2, -0.15) is 0 Å². The number of amides is 1. The van der Waals surface area contributed by atoms with E-state index in [2.05, 4.69) is 28.8 Å². The highest BCUT2D eigenvalue weighted by molar-refractivity contribution is 6.14. The van der Waals surface area contributed by atoms with Gasteiger partial charge >= 0.3 is 0 Å². The fourth-order valence-electron chi connectivity index (χ4n) is 4.83. The van der Waals surface area contributed by atoms with Crippen LogP contribution in [0.2, 0.25) is 0 Å². The third-order valence-corrected chi connectivity index (χ3v) is 6.11. The number of hydrogen-bond donors (Lipinski definition) is 2. The Morgan fingerprint density at radius 2 is 1.76 bits per heavy atom. The Labute approximate surface area is 169 Å².